The van der Waals surface area contributed by atoms with Gasteiger partial charge in [0.1, 0.15) is 11.5 Å². The number of benzene rings is 1. The number of phenolic OH excluding ortho intramolecular Hbond substituents is 1. The molecule has 0 radical (unpaired) electrons. The number of carbonyl (C=O) groups excluding carboxylic acids is 4. The lowest BCUT2D eigenvalue weighted by molar-refractivity contribution is -0.143. The van der Waals surface area contributed by atoms with Gasteiger partial charge in [-0.3, -0.25) is 33.8 Å². The predicted octanol–water partition coefficient (Wildman–Crippen LogP) is 1.86. The summed E-state index contributed by atoms with van der Waals surface area (Å²) in [6, 6.07) is 4.41. The monoisotopic (exact) mass is 550 g/mol. The number of nitrogens with zero attached hydrogens (tertiary/aromatic N) is 2. The van der Waals surface area contributed by atoms with Crippen molar-refractivity contribution in [1.82, 2.24) is 9.80 Å². The van der Waals surface area contributed by atoms with Crippen LogP contribution in [0.3, 0.4) is 0 Å². The zero-order chi connectivity index (χ0) is 27.0. The molecule has 5 rings (SSSR count). The molecule has 2 saturated heterocycles. The normalized spacial score (nSPS) is 34.8. The van der Waals surface area contributed by atoms with E-state index in [1.807, 2.05) is 0 Å². The molecule has 0 aromatic heterocycles. The summed E-state index contributed by atoms with van der Waals surface area (Å²) in [5.41, 5.74) is 0.721. The van der Waals surface area contributed by atoms with Crippen LogP contribution in [-0.2, 0) is 24.0 Å². The van der Waals surface area contributed by atoms with E-state index < -0.39 is 69.4 Å². The van der Waals surface area contributed by atoms with Gasteiger partial charge in [-0.2, -0.15) is 0 Å². The minimum Gasteiger partial charge on any atom is -0.508 e. The van der Waals surface area contributed by atoms with Crippen molar-refractivity contribution in [3.8, 4) is 11.5 Å². The van der Waals surface area contributed by atoms with E-state index in [-0.39, 0.29) is 30.7 Å². The summed E-state index contributed by atoms with van der Waals surface area (Å²) >= 11 is 14.1. The summed E-state index contributed by atoms with van der Waals surface area (Å²) in [7, 11) is 2.71. The van der Waals surface area contributed by atoms with Gasteiger partial charge in [0.25, 0.3) is 11.8 Å². The second-order valence-corrected chi connectivity index (χ2v) is 11.1. The van der Waals surface area contributed by atoms with E-state index in [0.29, 0.717) is 11.3 Å². The second-order valence-electron chi connectivity index (χ2n) is 9.89. The van der Waals surface area contributed by atoms with Gasteiger partial charge in [-0.25, -0.2) is 0 Å². The van der Waals surface area contributed by atoms with E-state index in [2.05, 4.69) is 0 Å². The quantitative estimate of drug-likeness (QED) is 0.321. The average molecular weight is 551 g/mol. The molecule has 6 atom stereocenters. The largest absolute Gasteiger partial charge is 0.508 e. The number of amides is 4. The minimum absolute atomic E-state index is 0.145. The number of carboxylic acid groups (broad SMARTS) is 1. The molecule has 1 saturated carbocycles. The topological polar surface area (TPSA) is 142 Å². The predicted molar refractivity (Wildman–Crippen MR) is 129 cm³/mol. The highest BCUT2D eigenvalue weighted by Crippen LogP contribution is 2.66. The highest BCUT2D eigenvalue weighted by molar-refractivity contribution is 6.53. The van der Waals surface area contributed by atoms with Crippen molar-refractivity contribution in [2.24, 2.45) is 17.8 Å². The number of carboxylic acids is 1. The van der Waals surface area contributed by atoms with Gasteiger partial charge in [0, 0.05) is 25.1 Å². The zero-order valence-corrected chi connectivity index (χ0v) is 21.5. The third-order valence-electron chi connectivity index (χ3n) is 8.20. The molecule has 2 N–H and O–H groups in total. The Hall–Kier alpha value is -3.11. The third kappa shape index (κ3) is 3.28. The molecule has 4 aliphatic rings. The smallest absolute Gasteiger partial charge is 0.305 e. The number of halogens is 2. The molecule has 0 spiro atoms. The van der Waals surface area contributed by atoms with Gasteiger partial charge in [-0.1, -0.05) is 11.6 Å². The molecule has 1 aromatic carbocycles. The number of likely N-dealkylation sites (tertiary alicyclic amines) is 2. The molecule has 6 unspecified atom stereocenters. The van der Waals surface area contributed by atoms with Crippen LogP contribution in [0.5, 0.6) is 11.5 Å². The maximum Gasteiger partial charge on any atom is 0.305 e. The highest BCUT2D eigenvalue weighted by Gasteiger charge is 2.76. The number of fused-ring (bicyclic) bond motifs is 4. The number of aromatic hydroxyl groups is 1. The first kappa shape index (κ1) is 25.5. The molecule has 2 aliphatic carbocycles. The van der Waals surface area contributed by atoms with Crippen LogP contribution in [0, 0.1) is 17.8 Å². The summed E-state index contributed by atoms with van der Waals surface area (Å²) in [6.45, 7) is -0.270. The summed E-state index contributed by atoms with van der Waals surface area (Å²) in [4.78, 5) is 62.4. The number of methoxy groups -OCH3 is 1. The molecule has 3 fully saturated rings. The first-order valence-electron chi connectivity index (χ1n) is 11.7. The Balaban J connectivity index is 1.68. The van der Waals surface area contributed by atoms with Crippen LogP contribution in [-0.4, -0.2) is 80.1 Å². The fraction of sp³-hybridized carbons (Fsp3) is 0.480. The van der Waals surface area contributed by atoms with Crippen molar-refractivity contribution in [3.05, 3.63) is 35.4 Å². The SMILES string of the molecule is COc1ccc(O)c(C2C3=CCC4C(=O)N(CCC(=O)O)C(=O)C4C3CC3(Cl)C(=O)N(C)C(=O)C23Cl)c1. The molecule has 196 valence electrons. The minimum atomic E-state index is -2.02. The molecule has 4 amide bonds. The Morgan fingerprint density at radius 3 is 2.49 bits per heavy atom. The van der Waals surface area contributed by atoms with Crippen LogP contribution in [0.1, 0.15) is 30.7 Å². The number of alkyl halides is 2. The van der Waals surface area contributed by atoms with Crippen molar-refractivity contribution in [1.29, 1.82) is 0 Å². The average Bonchev–Trinajstić information content (AvgIpc) is 3.18. The molecular formula is C25H24Cl2N2O8. The lowest BCUT2D eigenvalue weighted by Gasteiger charge is -2.50. The summed E-state index contributed by atoms with van der Waals surface area (Å²) < 4.78 is 5.31. The molecule has 1 aromatic rings. The van der Waals surface area contributed by atoms with Crippen molar-refractivity contribution >= 4 is 52.8 Å². The number of imide groups is 2. The van der Waals surface area contributed by atoms with Gasteiger partial charge in [-0.15, -0.1) is 23.2 Å². The number of carbonyl (C=O) groups is 5. The Morgan fingerprint density at radius 1 is 1.14 bits per heavy atom. The van der Waals surface area contributed by atoms with E-state index >= 15 is 0 Å². The van der Waals surface area contributed by atoms with E-state index in [4.69, 9.17) is 33.0 Å². The number of ether oxygens (including phenoxy) is 1. The molecule has 12 heteroatoms. The Morgan fingerprint density at radius 2 is 1.84 bits per heavy atom. The standard InChI is InChI=1S/C25H24Cl2N2O8/c1-28-22(35)24(26)10-15-12(4-5-13-18(15)21(34)29(20(13)33)8-7-17(31)32)19(25(24,27)23(28)36)14-9-11(37-2)3-6-16(14)30/h3-4,6,9,13,15,18-19,30H,5,7-8,10H2,1-2H3,(H,31,32). The van der Waals surface area contributed by atoms with Crippen LogP contribution < -0.4 is 4.74 Å². The Bertz CT molecular complexity index is 1300. The van der Waals surface area contributed by atoms with Crippen LogP contribution in [0.25, 0.3) is 0 Å². The van der Waals surface area contributed by atoms with Crippen molar-refractivity contribution in [2.45, 2.75) is 34.9 Å². The molecule has 10 nitrogen and oxygen atoms in total. The van der Waals surface area contributed by atoms with Gasteiger partial charge in [-0.05, 0) is 37.0 Å². The van der Waals surface area contributed by atoms with Crippen molar-refractivity contribution < 1.29 is 38.9 Å². The summed E-state index contributed by atoms with van der Waals surface area (Å²) in [5.74, 6) is -7.04. The third-order valence-corrected chi connectivity index (χ3v) is 9.61. The maximum absolute atomic E-state index is 13.5. The van der Waals surface area contributed by atoms with E-state index in [1.54, 1.807) is 6.08 Å². The molecule has 37 heavy (non-hydrogen) atoms. The van der Waals surface area contributed by atoms with E-state index in [1.165, 1.54) is 32.4 Å². The van der Waals surface area contributed by atoms with Crippen LogP contribution in [0.2, 0.25) is 0 Å². The van der Waals surface area contributed by atoms with E-state index in [0.717, 1.165) is 9.80 Å². The number of allylic oxidation sites excluding steroid dienone is 2. The van der Waals surface area contributed by atoms with Gasteiger partial charge < -0.3 is 14.9 Å². The Kier molecular flexibility index (Phi) is 5.84. The van der Waals surface area contributed by atoms with Gasteiger partial charge in [0.2, 0.25) is 11.8 Å². The number of hydrogen-bond donors (Lipinski definition) is 2. The van der Waals surface area contributed by atoms with Crippen LogP contribution >= 0.6 is 23.2 Å². The summed E-state index contributed by atoms with van der Waals surface area (Å²) in [5, 5.41) is 19.9. The van der Waals surface area contributed by atoms with Gasteiger partial charge in [0.15, 0.2) is 9.75 Å². The second kappa shape index (κ2) is 8.46. The van der Waals surface area contributed by atoms with Crippen LogP contribution in [0.4, 0.5) is 0 Å². The number of aliphatic carboxylic acids is 1. The van der Waals surface area contributed by atoms with Crippen molar-refractivity contribution in [3.63, 3.8) is 0 Å². The van der Waals surface area contributed by atoms with E-state index in [9.17, 15) is 29.1 Å². The maximum atomic E-state index is 13.5. The molecular weight excluding hydrogens is 527 g/mol. The first-order chi connectivity index (χ1) is 17.4. The molecule has 2 heterocycles. The molecule has 0 bridgehead atoms. The highest BCUT2D eigenvalue weighted by atomic mass is 35.5. The lowest BCUT2D eigenvalue weighted by Crippen LogP contribution is -2.60. The van der Waals surface area contributed by atoms with Gasteiger partial charge >= 0.3 is 5.97 Å². The molecule has 2 aliphatic heterocycles. The number of hydrogen-bond acceptors (Lipinski definition) is 7. The number of phenols is 1. The number of rotatable bonds is 5. The first-order valence-corrected chi connectivity index (χ1v) is 12.5. The summed E-state index contributed by atoms with van der Waals surface area (Å²) in [6.07, 6.45) is 1.29. The fourth-order valence-electron chi connectivity index (χ4n) is 6.47. The lowest BCUT2D eigenvalue weighted by atomic mass is 9.56. The zero-order valence-electron chi connectivity index (χ0n) is 19.9. The van der Waals surface area contributed by atoms with Crippen LogP contribution in [0.15, 0.2) is 29.8 Å². The fourth-order valence-corrected chi connectivity index (χ4v) is 7.48. The van der Waals surface area contributed by atoms with Gasteiger partial charge in [0.05, 0.1) is 25.4 Å². The van der Waals surface area contributed by atoms with Crippen molar-refractivity contribution in [2.75, 3.05) is 20.7 Å². The Labute approximate surface area is 221 Å².